The second kappa shape index (κ2) is 8.34. The Morgan fingerprint density at radius 1 is 1.24 bits per heavy atom. The van der Waals surface area contributed by atoms with Gasteiger partial charge >= 0.3 is 0 Å². The van der Waals surface area contributed by atoms with Crippen molar-refractivity contribution in [3.63, 3.8) is 0 Å². The molecule has 0 spiro atoms. The first kappa shape index (κ1) is 17.7. The number of benzene rings is 1. The smallest absolute Gasteiger partial charge is 0.220 e. The second-order valence-electron chi connectivity index (χ2n) is 6.76. The maximum absolute atomic E-state index is 12.3. The van der Waals surface area contributed by atoms with Crippen molar-refractivity contribution < 1.29 is 4.79 Å². The Balaban J connectivity index is 1.76. The van der Waals surface area contributed by atoms with E-state index in [1.807, 2.05) is 6.07 Å². The first-order chi connectivity index (χ1) is 12.2. The van der Waals surface area contributed by atoms with Crippen molar-refractivity contribution in [2.24, 2.45) is 5.92 Å². The van der Waals surface area contributed by atoms with Gasteiger partial charge in [-0.25, -0.2) is 0 Å². The highest BCUT2D eigenvalue weighted by atomic mass is 32.1. The van der Waals surface area contributed by atoms with Crippen LogP contribution in [-0.2, 0) is 4.79 Å². The molecule has 1 amide bonds. The minimum Gasteiger partial charge on any atom is -0.361 e. The van der Waals surface area contributed by atoms with E-state index in [9.17, 15) is 4.79 Å². The number of nitrogens with one attached hydrogen (secondary N) is 2. The number of hydrogen-bond acceptors (Lipinski definition) is 2. The number of para-hydroxylation sites is 1. The van der Waals surface area contributed by atoms with Gasteiger partial charge in [-0.05, 0) is 29.0 Å². The Kier molecular flexibility index (Phi) is 5.92. The number of H-pyrrole nitrogens is 1. The summed E-state index contributed by atoms with van der Waals surface area (Å²) < 4.78 is 0. The van der Waals surface area contributed by atoms with Crippen molar-refractivity contribution >= 4 is 28.1 Å². The van der Waals surface area contributed by atoms with Crippen molar-refractivity contribution in [1.29, 1.82) is 0 Å². The summed E-state index contributed by atoms with van der Waals surface area (Å²) in [7, 11) is 0. The van der Waals surface area contributed by atoms with Gasteiger partial charge < -0.3 is 10.3 Å². The van der Waals surface area contributed by atoms with Gasteiger partial charge in [-0.1, -0.05) is 51.0 Å². The standard InChI is InChI=1S/C21H26N2OS/c1-3-7-15(2)12-21(24)23-14-18(20-10-6-11-25-20)17-13-22-19-9-5-4-8-16(17)19/h4-6,8-11,13,15,18,22H,3,7,12,14H2,1-2H3,(H,23,24). The van der Waals surface area contributed by atoms with E-state index >= 15 is 0 Å². The third kappa shape index (κ3) is 4.31. The molecule has 0 aliphatic rings. The molecule has 0 bridgehead atoms. The van der Waals surface area contributed by atoms with Crippen LogP contribution in [0.4, 0.5) is 0 Å². The van der Waals surface area contributed by atoms with Gasteiger partial charge in [0.2, 0.25) is 5.91 Å². The molecule has 2 aromatic heterocycles. The average Bonchev–Trinajstić information content (AvgIpc) is 3.26. The molecule has 0 aliphatic heterocycles. The number of aromatic amines is 1. The van der Waals surface area contributed by atoms with Crippen LogP contribution in [-0.4, -0.2) is 17.4 Å². The van der Waals surface area contributed by atoms with Gasteiger partial charge in [-0.2, -0.15) is 0 Å². The molecule has 2 heterocycles. The monoisotopic (exact) mass is 354 g/mol. The third-order valence-electron chi connectivity index (χ3n) is 4.70. The molecule has 4 heteroatoms. The van der Waals surface area contributed by atoms with E-state index in [2.05, 4.69) is 66.1 Å². The van der Waals surface area contributed by atoms with E-state index in [0.29, 0.717) is 18.9 Å². The van der Waals surface area contributed by atoms with Crippen LogP contribution in [0.25, 0.3) is 10.9 Å². The van der Waals surface area contributed by atoms with Crippen LogP contribution in [0.15, 0.2) is 48.0 Å². The summed E-state index contributed by atoms with van der Waals surface area (Å²) in [6, 6.07) is 12.6. The van der Waals surface area contributed by atoms with Crippen molar-refractivity contribution in [3.05, 3.63) is 58.4 Å². The van der Waals surface area contributed by atoms with E-state index in [1.165, 1.54) is 15.8 Å². The summed E-state index contributed by atoms with van der Waals surface area (Å²) in [4.78, 5) is 17.0. The summed E-state index contributed by atoms with van der Waals surface area (Å²) in [5, 5.41) is 6.50. The number of hydrogen-bond donors (Lipinski definition) is 2. The lowest BCUT2D eigenvalue weighted by Crippen LogP contribution is -2.29. The maximum Gasteiger partial charge on any atom is 0.220 e. The summed E-state index contributed by atoms with van der Waals surface area (Å²) in [6.07, 6.45) is 4.92. The lowest BCUT2D eigenvalue weighted by atomic mass is 9.96. The van der Waals surface area contributed by atoms with Gasteiger partial charge in [0.25, 0.3) is 0 Å². The molecule has 25 heavy (non-hydrogen) atoms. The van der Waals surface area contributed by atoms with E-state index < -0.39 is 0 Å². The second-order valence-corrected chi connectivity index (χ2v) is 7.74. The fourth-order valence-corrected chi connectivity index (χ4v) is 4.28. The summed E-state index contributed by atoms with van der Waals surface area (Å²) in [6.45, 7) is 4.96. The van der Waals surface area contributed by atoms with Gasteiger partial charge in [-0.15, -0.1) is 11.3 Å². The van der Waals surface area contributed by atoms with Gasteiger partial charge in [0.1, 0.15) is 0 Å². The van der Waals surface area contributed by atoms with Gasteiger partial charge in [0.15, 0.2) is 0 Å². The number of thiophene rings is 1. The summed E-state index contributed by atoms with van der Waals surface area (Å²) in [5.41, 5.74) is 2.39. The van der Waals surface area contributed by atoms with E-state index in [4.69, 9.17) is 0 Å². The zero-order valence-electron chi connectivity index (χ0n) is 14.9. The van der Waals surface area contributed by atoms with Crippen LogP contribution in [0.1, 0.15) is 49.5 Å². The molecule has 2 N–H and O–H groups in total. The number of carbonyl (C=O) groups excluding carboxylic acids is 1. The Bertz CT molecular complexity index is 806. The summed E-state index contributed by atoms with van der Waals surface area (Å²) in [5.74, 6) is 0.780. The molecule has 0 saturated heterocycles. The number of fused-ring (bicyclic) bond motifs is 1. The van der Waals surface area contributed by atoms with E-state index in [0.717, 1.165) is 18.4 Å². The molecule has 0 fully saturated rings. The number of aromatic nitrogens is 1. The number of carbonyl (C=O) groups is 1. The van der Waals surface area contributed by atoms with Crippen LogP contribution < -0.4 is 5.32 Å². The van der Waals surface area contributed by atoms with Crippen LogP contribution >= 0.6 is 11.3 Å². The minimum atomic E-state index is 0.155. The Hall–Kier alpha value is -2.07. The van der Waals surface area contributed by atoms with E-state index in [-0.39, 0.29) is 11.8 Å². The highest BCUT2D eigenvalue weighted by Gasteiger charge is 2.20. The minimum absolute atomic E-state index is 0.155. The third-order valence-corrected chi connectivity index (χ3v) is 5.69. The Labute approximate surface area is 153 Å². The van der Waals surface area contributed by atoms with Crippen molar-refractivity contribution in [1.82, 2.24) is 10.3 Å². The zero-order chi connectivity index (χ0) is 17.6. The molecule has 3 aromatic rings. The normalized spacial score (nSPS) is 13.7. The molecule has 0 radical (unpaired) electrons. The molecular formula is C21H26N2OS. The molecule has 3 nitrogen and oxygen atoms in total. The number of amides is 1. The molecule has 2 atom stereocenters. The first-order valence-electron chi connectivity index (χ1n) is 9.05. The lowest BCUT2D eigenvalue weighted by Gasteiger charge is -2.17. The predicted molar refractivity (Wildman–Crippen MR) is 106 cm³/mol. The van der Waals surface area contributed by atoms with Crippen molar-refractivity contribution in [2.45, 2.75) is 39.0 Å². The first-order valence-corrected chi connectivity index (χ1v) is 9.93. The van der Waals surface area contributed by atoms with Gasteiger partial charge in [0.05, 0.1) is 0 Å². The topological polar surface area (TPSA) is 44.9 Å². The Morgan fingerprint density at radius 2 is 2.08 bits per heavy atom. The highest BCUT2D eigenvalue weighted by Crippen LogP contribution is 2.32. The van der Waals surface area contributed by atoms with Crippen molar-refractivity contribution in [2.75, 3.05) is 6.54 Å². The Morgan fingerprint density at radius 3 is 2.84 bits per heavy atom. The molecular weight excluding hydrogens is 328 g/mol. The van der Waals surface area contributed by atoms with Crippen LogP contribution in [0, 0.1) is 5.92 Å². The average molecular weight is 355 g/mol. The molecule has 1 aromatic carbocycles. The van der Waals surface area contributed by atoms with E-state index in [1.54, 1.807) is 11.3 Å². The molecule has 0 aliphatic carbocycles. The maximum atomic E-state index is 12.3. The highest BCUT2D eigenvalue weighted by molar-refractivity contribution is 7.10. The van der Waals surface area contributed by atoms with Crippen molar-refractivity contribution in [3.8, 4) is 0 Å². The quantitative estimate of drug-likeness (QED) is 0.566. The van der Waals surface area contributed by atoms with Crippen LogP contribution in [0.2, 0.25) is 0 Å². The number of rotatable bonds is 8. The van der Waals surface area contributed by atoms with Crippen LogP contribution in [0.5, 0.6) is 0 Å². The molecule has 2 unspecified atom stereocenters. The SMILES string of the molecule is CCCC(C)CC(=O)NCC(c1cccs1)c1c[nH]c2ccccc12. The van der Waals surface area contributed by atoms with Crippen LogP contribution in [0.3, 0.4) is 0 Å². The lowest BCUT2D eigenvalue weighted by molar-refractivity contribution is -0.121. The van der Waals surface area contributed by atoms with Gasteiger partial charge in [0, 0.05) is 40.9 Å². The zero-order valence-corrected chi connectivity index (χ0v) is 15.7. The fraction of sp³-hybridized carbons (Fsp3) is 0.381. The fourth-order valence-electron chi connectivity index (χ4n) is 3.44. The molecule has 132 valence electrons. The summed E-state index contributed by atoms with van der Waals surface area (Å²) >= 11 is 1.75. The van der Waals surface area contributed by atoms with Gasteiger partial charge in [-0.3, -0.25) is 4.79 Å². The molecule has 3 rings (SSSR count). The predicted octanol–water partition coefficient (Wildman–Crippen LogP) is 5.30. The largest absolute Gasteiger partial charge is 0.361 e. The molecule has 0 saturated carbocycles.